The molecule has 0 unspecified atom stereocenters. The van der Waals surface area contributed by atoms with Crippen LogP contribution in [0.4, 0.5) is 5.69 Å². The van der Waals surface area contributed by atoms with Crippen molar-refractivity contribution in [3.05, 3.63) is 48.2 Å². The van der Waals surface area contributed by atoms with E-state index in [1.807, 2.05) is 36.4 Å². The van der Waals surface area contributed by atoms with Crippen molar-refractivity contribution in [2.24, 2.45) is 0 Å². The number of hydrogen-bond donors (Lipinski definition) is 1. The standard InChI is InChI=1S/C13H14N2OS/c1-16-13-10(5-4-8-15-13)9-17-12-7-3-2-6-11(12)14/h2-8H,9,14H2,1H3. The molecule has 88 valence electrons. The number of anilines is 1. The Morgan fingerprint density at radius 3 is 2.82 bits per heavy atom. The number of methoxy groups -OCH3 is 1. The van der Waals surface area contributed by atoms with Crippen LogP contribution in [0.3, 0.4) is 0 Å². The van der Waals surface area contributed by atoms with Crippen LogP contribution in [0.5, 0.6) is 5.88 Å². The summed E-state index contributed by atoms with van der Waals surface area (Å²) < 4.78 is 5.21. The molecule has 0 fully saturated rings. The normalized spacial score (nSPS) is 10.2. The van der Waals surface area contributed by atoms with Gasteiger partial charge in [0.05, 0.1) is 7.11 Å². The molecular weight excluding hydrogens is 232 g/mol. The Kier molecular flexibility index (Phi) is 3.88. The Morgan fingerprint density at radius 2 is 2.06 bits per heavy atom. The van der Waals surface area contributed by atoms with Crippen molar-refractivity contribution in [2.75, 3.05) is 12.8 Å². The minimum atomic E-state index is 0.675. The maximum atomic E-state index is 5.89. The highest BCUT2D eigenvalue weighted by atomic mass is 32.2. The van der Waals surface area contributed by atoms with Crippen molar-refractivity contribution in [1.29, 1.82) is 0 Å². The second-order valence-electron chi connectivity index (χ2n) is 3.50. The van der Waals surface area contributed by atoms with Gasteiger partial charge in [0.25, 0.3) is 0 Å². The third-order valence-electron chi connectivity index (χ3n) is 2.35. The van der Waals surface area contributed by atoms with Gasteiger partial charge in [0.2, 0.25) is 5.88 Å². The molecule has 0 bridgehead atoms. The van der Waals surface area contributed by atoms with Gasteiger partial charge in [-0.05, 0) is 18.2 Å². The molecule has 0 radical (unpaired) electrons. The lowest BCUT2D eigenvalue weighted by molar-refractivity contribution is 0.394. The molecule has 1 aromatic carbocycles. The zero-order valence-electron chi connectivity index (χ0n) is 9.59. The van der Waals surface area contributed by atoms with Crippen LogP contribution >= 0.6 is 11.8 Å². The van der Waals surface area contributed by atoms with Crippen molar-refractivity contribution in [3.63, 3.8) is 0 Å². The van der Waals surface area contributed by atoms with Gasteiger partial charge >= 0.3 is 0 Å². The van der Waals surface area contributed by atoms with Crippen LogP contribution < -0.4 is 10.5 Å². The molecule has 2 rings (SSSR count). The number of para-hydroxylation sites is 1. The Morgan fingerprint density at radius 1 is 1.24 bits per heavy atom. The lowest BCUT2D eigenvalue weighted by Crippen LogP contribution is -1.93. The SMILES string of the molecule is COc1ncccc1CSc1ccccc1N. The number of nitrogens with zero attached hydrogens (tertiary/aromatic N) is 1. The van der Waals surface area contributed by atoms with E-state index < -0.39 is 0 Å². The molecule has 0 aliphatic carbocycles. The highest BCUT2D eigenvalue weighted by Gasteiger charge is 2.05. The van der Waals surface area contributed by atoms with E-state index in [-0.39, 0.29) is 0 Å². The van der Waals surface area contributed by atoms with Gasteiger partial charge < -0.3 is 10.5 Å². The summed E-state index contributed by atoms with van der Waals surface area (Å²) in [4.78, 5) is 5.25. The quantitative estimate of drug-likeness (QED) is 0.665. The monoisotopic (exact) mass is 246 g/mol. The lowest BCUT2D eigenvalue weighted by atomic mass is 10.3. The van der Waals surface area contributed by atoms with E-state index in [4.69, 9.17) is 10.5 Å². The number of hydrogen-bond acceptors (Lipinski definition) is 4. The van der Waals surface area contributed by atoms with Crippen LogP contribution in [0.15, 0.2) is 47.5 Å². The molecule has 2 N–H and O–H groups in total. The van der Waals surface area contributed by atoms with Crippen molar-refractivity contribution in [3.8, 4) is 5.88 Å². The summed E-state index contributed by atoms with van der Waals surface area (Å²) >= 11 is 1.68. The van der Waals surface area contributed by atoms with Gasteiger partial charge in [-0.3, -0.25) is 0 Å². The number of thioether (sulfide) groups is 1. The third-order valence-corrected chi connectivity index (χ3v) is 3.48. The fourth-order valence-corrected chi connectivity index (χ4v) is 2.43. The van der Waals surface area contributed by atoms with Gasteiger partial charge in [0.1, 0.15) is 0 Å². The number of pyridine rings is 1. The number of aromatic nitrogens is 1. The van der Waals surface area contributed by atoms with Crippen LogP contribution in [-0.4, -0.2) is 12.1 Å². The summed E-state index contributed by atoms with van der Waals surface area (Å²) in [5.41, 5.74) is 7.77. The highest BCUT2D eigenvalue weighted by molar-refractivity contribution is 7.98. The second-order valence-corrected chi connectivity index (χ2v) is 4.52. The topological polar surface area (TPSA) is 48.1 Å². The predicted octanol–water partition coefficient (Wildman–Crippen LogP) is 2.96. The number of nitrogens with two attached hydrogens (primary N) is 1. The van der Waals surface area contributed by atoms with Crippen molar-refractivity contribution in [2.45, 2.75) is 10.6 Å². The van der Waals surface area contributed by atoms with Gasteiger partial charge in [-0.15, -0.1) is 11.8 Å². The molecule has 0 saturated carbocycles. The maximum Gasteiger partial charge on any atom is 0.217 e. The fraction of sp³-hybridized carbons (Fsp3) is 0.154. The zero-order valence-corrected chi connectivity index (χ0v) is 10.4. The number of ether oxygens (including phenoxy) is 1. The minimum Gasteiger partial charge on any atom is -0.481 e. The molecule has 0 aliphatic heterocycles. The second kappa shape index (κ2) is 5.59. The van der Waals surface area contributed by atoms with Crippen LogP contribution in [0.1, 0.15) is 5.56 Å². The summed E-state index contributed by atoms with van der Waals surface area (Å²) in [6, 6.07) is 11.8. The summed E-state index contributed by atoms with van der Waals surface area (Å²) in [6.07, 6.45) is 1.73. The van der Waals surface area contributed by atoms with Crippen molar-refractivity contribution < 1.29 is 4.74 Å². The Bertz CT molecular complexity index is 502. The molecular formula is C13H14N2OS. The molecule has 0 spiro atoms. The largest absolute Gasteiger partial charge is 0.481 e. The predicted molar refractivity (Wildman–Crippen MR) is 71.2 cm³/mol. The first kappa shape index (κ1) is 11.8. The molecule has 3 nitrogen and oxygen atoms in total. The van der Waals surface area contributed by atoms with E-state index in [9.17, 15) is 0 Å². The van der Waals surface area contributed by atoms with Gasteiger partial charge in [-0.2, -0.15) is 0 Å². The average Bonchev–Trinajstić information content (AvgIpc) is 2.38. The Balaban J connectivity index is 2.10. The molecule has 0 atom stereocenters. The molecule has 1 aromatic heterocycles. The first-order valence-electron chi connectivity index (χ1n) is 5.26. The maximum absolute atomic E-state index is 5.89. The van der Waals surface area contributed by atoms with Gasteiger partial charge in [-0.25, -0.2) is 4.98 Å². The highest BCUT2D eigenvalue weighted by Crippen LogP contribution is 2.29. The average molecular weight is 246 g/mol. The minimum absolute atomic E-state index is 0.675. The van der Waals surface area contributed by atoms with Crippen molar-refractivity contribution in [1.82, 2.24) is 4.98 Å². The first-order valence-corrected chi connectivity index (χ1v) is 6.25. The van der Waals surface area contributed by atoms with E-state index >= 15 is 0 Å². The van der Waals surface area contributed by atoms with Crippen molar-refractivity contribution >= 4 is 17.4 Å². The lowest BCUT2D eigenvalue weighted by Gasteiger charge is -2.07. The molecule has 0 aliphatic rings. The van der Waals surface area contributed by atoms with Crippen LogP contribution in [0, 0.1) is 0 Å². The number of rotatable bonds is 4. The van der Waals surface area contributed by atoms with Gasteiger partial charge in [0, 0.05) is 28.1 Å². The van der Waals surface area contributed by atoms with Gasteiger partial charge in [0.15, 0.2) is 0 Å². The zero-order chi connectivity index (χ0) is 12.1. The molecule has 1 heterocycles. The van der Waals surface area contributed by atoms with E-state index in [0.717, 1.165) is 21.9 Å². The molecule has 0 saturated heterocycles. The molecule has 4 heteroatoms. The molecule has 0 amide bonds. The number of benzene rings is 1. The first-order chi connectivity index (χ1) is 8.31. The van der Waals surface area contributed by atoms with Crippen LogP contribution in [0.2, 0.25) is 0 Å². The Labute approximate surface area is 105 Å². The van der Waals surface area contributed by atoms with E-state index in [0.29, 0.717) is 5.88 Å². The van der Waals surface area contributed by atoms with Gasteiger partial charge in [-0.1, -0.05) is 18.2 Å². The number of nitrogen functional groups attached to an aromatic ring is 1. The smallest absolute Gasteiger partial charge is 0.217 e. The molecule has 2 aromatic rings. The third kappa shape index (κ3) is 2.91. The van der Waals surface area contributed by atoms with Crippen LogP contribution in [0.25, 0.3) is 0 Å². The Hall–Kier alpha value is -1.68. The van der Waals surface area contributed by atoms with E-state index in [1.54, 1.807) is 25.1 Å². The summed E-state index contributed by atoms with van der Waals surface area (Å²) in [5, 5.41) is 0. The van der Waals surface area contributed by atoms with E-state index in [2.05, 4.69) is 4.98 Å². The summed E-state index contributed by atoms with van der Waals surface area (Å²) in [7, 11) is 1.63. The molecule has 17 heavy (non-hydrogen) atoms. The van der Waals surface area contributed by atoms with E-state index in [1.165, 1.54) is 0 Å². The summed E-state index contributed by atoms with van der Waals surface area (Å²) in [6.45, 7) is 0. The van der Waals surface area contributed by atoms with Crippen LogP contribution in [-0.2, 0) is 5.75 Å². The summed E-state index contributed by atoms with van der Waals surface area (Å²) in [5.74, 6) is 1.47. The fourth-order valence-electron chi connectivity index (χ4n) is 1.49.